The Morgan fingerprint density at radius 3 is 2.55 bits per heavy atom. The van der Waals surface area contributed by atoms with Crippen molar-refractivity contribution in [3.05, 3.63) is 75.6 Å². The van der Waals surface area contributed by atoms with E-state index in [4.69, 9.17) is 0 Å². The zero-order valence-corrected chi connectivity index (χ0v) is 16.4. The number of anilines is 2. The Hall–Kier alpha value is -3.54. The third-order valence-electron chi connectivity index (χ3n) is 5.15. The highest BCUT2D eigenvalue weighted by atomic mass is 16.1. The number of aromatic nitrogens is 2. The largest absolute Gasteiger partial charge is 0.350 e. The van der Waals surface area contributed by atoms with Crippen molar-refractivity contribution in [3.63, 3.8) is 0 Å². The minimum absolute atomic E-state index is 0.139. The third kappa shape index (κ3) is 3.38. The third-order valence-corrected chi connectivity index (χ3v) is 5.15. The molecule has 6 heteroatoms. The first kappa shape index (κ1) is 18.8. The second-order valence-electron chi connectivity index (χ2n) is 7.06. The molecule has 1 aliphatic carbocycles. The van der Waals surface area contributed by atoms with Gasteiger partial charge in [-0.1, -0.05) is 30.3 Å². The van der Waals surface area contributed by atoms with Gasteiger partial charge < -0.3 is 5.32 Å². The topological polar surface area (TPSA) is 81.1 Å². The Labute approximate surface area is 168 Å². The maximum absolute atomic E-state index is 13.0. The van der Waals surface area contributed by atoms with E-state index in [2.05, 4.69) is 10.4 Å². The first-order chi connectivity index (χ1) is 14.0. The summed E-state index contributed by atoms with van der Waals surface area (Å²) in [5.41, 5.74) is 3.71. The van der Waals surface area contributed by atoms with Gasteiger partial charge in [0.15, 0.2) is 11.6 Å². The maximum Gasteiger partial charge on any atom is 0.291 e. The molecule has 0 amide bonds. The molecule has 0 radical (unpaired) electrons. The molecule has 1 aliphatic rings. The SMILES string of the molecule is CCn1nc(-c2ccccc2)c(C(C)=O)c(Nc2ccc3c(c2)CCC3=O)c1=O. The van der Waals surface area contributed by atoms with Crippen molar-refractivity contribution in [2.75, 3.05) is 5.32 Å². The van der Waals surface area contributed by atoms with Crippen LogP contribution in [0.25, 0.3) is 11.3 Å². The second-order valence-corrected chi connectivity index (χ2v) is 7.06. The number of nitrogens with one attached hydrogen (secondary N) is 1. The number of fused-ring (bicyclic) bond motifs is 1. The summed E-state index contributed by atoms with van der Waals surface area (Å²) >= 11 is 0. The van der Waals surface area contributed by atoms with Gasteiger partial charge >= 0.3 is 0 Å². The molecule has 0 unspecified atom stereocenters. The maximum atomic E-state index is 13.0. The van der Waals surface area contributed by atoms with Crippen LogP contribution in [0.2, 0.25) is 0 Å². The van der Waals surface area contributed by atoms with Crippen LogP contribution in [-0.4, -0.2) is 21.3 Å². The fraction of sp³-hybridized carbons (Fsp3) is 0.217. The highest BCUT2D eigenvalue weighted by molar-refractivity contribution is 6.05. The van der Waals surface area contributed by atoms with Crippen LogP contribution in [0, 0.1) is 0 Å². The zero-order chi connectivity index (χ0) is 20.5. The molecule has 29 heavy (non-hydrogen) atoms. The monoisotopic (exact) mass is 387 g/mol. The molecule has 0 fully saturated rings. The number of benzene rings is 2. The molecule has 1 heterocycles. The molecule has 1 N–H and O–H groups in total. The van der Waals surface area contributed by atoms with E-state index >= 15 is 0 Å². The summed E-state index contributed by atoms with van der Waals surface area (Å²) in [6.45, 7) is 3.65. The van der Waals surface area contributed by atoms with E-state index in [1.54, 1.807) is 12.1 Å². The lowest BCUT2D eigenvalue weighted by atomic mass is 10.0. The molecule has 0 bridgehead atoms. The van der Waals surface area contributed by atoms with Gasteiger partial charge in [-0.15, -0.1) is 0 Å². The molecule has 0 saturated carbocycles. The number of carbonyl (C=O) groups excluding carboxylic acids is 2. The highest BCUT2D eigenvalue weighted by Crippen LogP contribution is 2.30. The molecule has 1 aromatic heterocycles. The summed E-state index contributed by atoms with van der Waals surface area (Å²) in [5, 5.41) is 7.60. The molecule has 2 aromatic carbocycles. The molecule has 3 aromatic rings. The smallest absolute Gasteiger partial charge is 0.291 e. The Bertz CT molecular complexity index is 1180. The van der Waals surface area contributed by atoms with E-state index in [-0.39, 0.29) is 28.4 Å². The van der Waals surface area contributed by atoms with Gasteiger partial charge in [0.05, 0.1) is 5.56 Å². The van der Waals surface area contributed by atoms with Gasteiger partial charge in [0.25, 0.3) is 5.56 Å². The van der Waals surface area contributed by atoms with E-state index in [9.17, 15) is 14.4 Å². The van der Waals surface area contributed by atoms with Crippen LogP contribution in [0.3, 0.4) is 0 Å². The Morgan fingerprint density at radius 2 is 1.86 bits per heavy atom. The van der Waals surface area contributed by atoms with E-state index in [1.807, 2.05) is 43.3 Å². The van der Waals surface area contributed by atoms with Crippen LogP contribution in [0.15, 0.2) is 53.3 Å². The fourth-order valence-electron chi connectivity index (χ4n) is 3.72. The van der Waals surface area contributed by atoms with E-state index < -0.39 is 0 Å². The number of nitrogens with zero attached hydrogens (tertiary/aromatic N) is 2. The average molecular weight is 387 g/mol. The lowest BCUT2D eigenvalue weighted by molar-refractivity contribution is 0.0991. The predicted molar refractivity (Wildman–Crippen MR) is 112 cm³/mol. The Balaban J connectivity index is 1.89. The van der Waals surface area contributed by atoms with Crippen molar-refractivity contribution in [2.24, 2.45) is 0 Å². The van der Waals surface area contributed by atoms with Crippen LogP contribution in [0.5, 0.6) is 0 Å². The minimum atomic E-state index is -0.353. The summed E-state index contributed by atoms with van der Waals surface area (Å²) < 4.78 is 1.36. The Kier molecular flexibility index (Phi) is 4.84. The summed E-state index contributed by atoms with van der Waals surface area (Å²) in [6.07, 6.45) is 1.20. The number of rotatable bonds is 5. The molecule has 146 valence electrons. The van der Waals surface area contributed by atoms with Crippen molar-refractivity contribution in [1.82, 2.24) is 9.78 Å². The molecule has 0 saturated heterocycles. The predicted octanol–water partition coefficient (Wildman–Crippen LogP) is 4.01. The quantitative estimate of drug-likeness (QED) is 0.669. The summed E-state index contributed by atoms with van der Waals surface area (Å²) in [7, 11) is 0. The summed E-state index contributed by atoms with van der Waals surface area (Å²) in [6, 6.07) is 14.8. The van der Waals surface area contributed by atoms with Crippen molar-refractivity contribution in [2.45, 2.75) is 33.2 Å². The van der Waals surface area contributed by atoms with Crippen molar-refractivity contribution in [3.8, 4) is 11.3 Å². The van der Waals surface area contributed by atoms with Crippen LogP contribution in [-0.2, 0) is 13.0 Å². The highest BCUT2D eigenvalue weighted by Gasteiger charge is 2.23. The van der Waals surface area contributed by atoms with Gasteiger partial charge in [-0.25, -0.2) is 4.68 Å². The molecular formula is C23H21N3O3. The Morgan fingerprint density at radius 1 is 1.10 bits per heavy atom. The standard InChI is InChI=1S/C23H21N3O3/c1-3-26-23(29)22(24-17-10-11-18-16(13-17)9-12-19(18)28)20(14(2)27)21(25-26)15-7-5-4-6-8-15/h4-8,10-11,13,24H,3,9,12H2,1-2H3. The normalized spacial score (nSPS) is 12.7. The van der Waals surface area contributed by atoms with Crippen LogP contribution < -0.4 is 10.9 Å². The lowest BCUT2D eigenvalue weighted by Crippen LogP contribution is -2.28. The van der Waals surface area contributed by atoms with Crippen molar-refractivity contribution >= 4 is 22.9 Å². The molecule has 4 rings (SSSR count). The number of hydrogen-bond donors (Lipinski definition) is 1. The van der Waals surface area contributed by atoms with Gasteiger partial charge in [-0.05, 0) is 44.0 Å². The van der Waals surface area contributed by atoms with E-state index in [1.165, 1.54) is 11.6 Å². The molecule has 6 nitrogen and oxygen atoms in total. The van der Waals surface area contributed by atoms with Crippen LogP contribution in [0.1, 0.15) is 46.5 Å². The first-order valence-electron chi connectivity index (χ1n) is 9.64. The lowest BCUT2D eigenvalue weighted by Gasteiger charge is -2.16. The first-order valence-corrected chi connectivity index (χ1v) is 9.64. The number of carbonyl (C=O) groups is 2. The van der Waals surface area contributed by atoms with Gasteiger partial charge in [0, 0.05) is 29.8 Å². The minimum Gasteiger partial charge on any atom is -0.350 e. The van der Waals surface area contributed by atoms with Crippen LogP contribution in [0.4, 0.5) is 11.4 Å². The zero-order valence-electron chi connectivity index (χ0n) is 16.4. The van der Waals surface area contributed by atoms with E-state index in [0.717, 1.165) is 16.7 Å². The molecule has 0 atom stereocenters. The number of Topliss-reactive ketones (excluding diaryl/α,β-unsaturated/α-hetero) is 2. The average Bonchev–Trinajstić information content (AvgIpc) is 3.10. The number of hydrogen-bond acceptors (Lipinski definition) is 5. The molecule has 0 spiro atoms. The van der Waals surface area contributed by atoms with Crippen molar-refractivity contribution < 1.29 is 9.59 Å². The van der Waals surface area contributed by atoms with Gasteiger partial charge in [-0.3, -0.25) is 14.4 Å². The number of ketones is 2. The second kappa shape index (κ2) is 7.47. The summed E-state index contributed by atoms with van der Waals surface area (Å²) in [4.78, 5) is 37.5. The van der Waals surface area contributed by atoms with Crippen LogP contribution >= 0.6 is 0 Å². The van der Waals surface area contributed by atoms with E-state index in [0.29, 0.717) is 30.8 Å². The number of aryl methyl sites for hydroxylation is 2. The van der Waals surface area contributed by atoms with Crippen molar-refractivity contribution in [1.29, 1.82) is 0 Å². The van der Waals surface area contributed by atoms with Gasteiger partial charge in [-0.2, -0.15) is 5.10 Å². The molecule has 0 aliphatic heterocycles. The summed E-state index contributed by atoms with van der Waals surface area (Å²) in [5.74, 6) is -0.102. The van der Waals surface area contributed by atoms with Gasteiger partial charge in [0.1, 0.15) is 11.4 Å². The van der Waals surface area contributed by atoms with Gasteiger partial charge in [0.2, 0.25) is 0 Å². The fourth-order valence-corrected chi connectivity index (χ4v) is 3.72. The molecular weight excluding hydrogens is 366 g/mol.